The van der Waals surface area contributed by atoms with Gasteiger partial charge < -0.3 is 10.1 Å². The SMILES string of the molecule is CCc1ccc(CNCC(C)COC)cc1. The van der Waals surface area contributed by atoms with Gasteiger partial charge in [0.1, 0.15) is 0 Å². The fraction of sp³-hybridized carbons (Fsp3) is 0.571. The first-order valence-corrected chi connectivity index (χ1v) is 6.03. The van der Waals surface area contributed by atoms with Crippen molar-refractivity contribution in [2.75, 3.05) is 20.3 Å². The van der Waals surface area contributed by atoms with Gasteiger partial charge in [0, 0.05) is 26.8 Å². The van der Waals surface area contributed by atoms with Gasteiger partial charge in [-0.15, -0.1) is 0 Å². The summed E-state index contributed by atoms with van der Waals surface area (Å²) in [5, 5.41) is 3.44. The van der Waals surface area contributed by atoms with Crippen LogP contribution in [0.3, 0.4) is 0 Å². The minimum absolute atomic E-state index is 0.569. The molecule has 1 aromatic carbocycles. The summed E-state index contributed by atoms with van der Waals surface area (Å²) < 4.78 is 5.10. The van der Waals surface area contributed by atoms with Crippen molar-refractivity contribution >= 4 is 0 Å². The number of ether oxygens (including phenoxy) is 1. The van der Waals surface area contributed by atoms with E-state index in [1.165, 1.54) is 11.1 Å². The molecule has 0 aromatic heterocycles. The van der Waals surface area contributed by atoms with Crippen LogP contribution in [0.25, 0.3) is 0 Å². The Bertz CT molecular complexity index is 281. The van der Waals surface area contributed by atoms with E-state index in [4.69, 9.17) is 4.74 Å². The molecule has 0 aliphatic carbocycles. The molecule has 0 aliphatic heterocycles. The van der Waals surface area contributed by atoms with Gasteiger partial charge in [0.2, 0.25) is 0 Å². The zero-order valence-corrected chi connectivity index (χ0v) is 10.6. The zero-order chi connectivity index (χ0) is 11.8. The molecular weight excluding hydrogens is 198 g/mol. The van der Waals surface area contributed by atoms with Gasteiger partial charge in [0.15, 0.2) is 0 Å². The summed E-state index contributed by atoms with van der Waals surface area (Å²) in [6.07, 6.45) is 1.11. The summed E-state index contributed by atoms with van der Waals surface area (Å²) in [5.41, 5.74) is 2.75. The lowest BCUT2D eigenvalue weighted by Crippen LogP contribution is -2.23. The lowest BCUT2D eigenvalue weighted by Gasteiger charge is -2.11. The Morgan fingerprint density at radius 2 is 1.81 bits per heavy atom. The highest BCUT2D eigenvalue weighted by Crippen LogP contribution is 2.04. The van der Waals surface area contributed by atoms with Crippen LogP contribution < -0.4 is 5.32 Å². The molecule has 1 aromatic rings. The molecule has 0 radical (unpaired) electrons. The highest BCUT2D eigenvalue weighted by Gasteiger charge is 2.00. The monoisotopic (exact) mass is 221 g/mol. The standard InChI is InChI=1S/C14H23NO/c1-4-13-5-7-14(8-6-13)10-15-9-12(2)11-16-3/h5-8,12,15H,4,9-11H2,1-3H3. The molecule has 90 valence electrons. The second kappa shape index (κ2) is 7.42. The molecule has 1 atom stereocenters. The van der Waals surface area contributed by atoms with E-state index in [0.717, 1.165) is 26.1 Å². The van der Waals surface area contributed by atoms with Gasteiger partial charge in [0.05, 0.1) is 0 Å². The molecule has 1 rings (SSSR count). The van der Waals surface area contributed by atoms with Gasteiger partial charge in [-0.1, -0.05) is 38.1 Å². The average Bonchev–Trinajstić information content (AvgIpc) is 2.30. The highest BCUT2D eigenvalue weighted by atomic mass is 16.5. The molecule has 0 spiro atoms. The van der Waals surface area contributed by atoms with E-state index in [0.29, 0.717) is 5.92 Å². The van der Waals surface area contributed by atoms with Gasteiger partial charge in [0.25, 0.3) is 0 Å². The van der Waals surface area contributed by atoms with E-state index >= 15 is 0 Å². The molecule has 0 saturated heterocycles. The number of rotatable bonds is 7. The van der Waals surface area contributed by atoms with Gasteiger partial charge >= 0.3 is 0 Å². The molecule has 2 heteroatoms. The zero-order valence-electron chi connectivity index (χ0n) is 10.6. The maximum absolute atomic E-state index is 5.10. The normalized spacial score (nSPS) is 12.7. The molecule has 16 heavy (non-hydrogen) atoms. The van der Waals surface area contributed by atoms with E-state index in [1.54, 1.807) is 7.11 Å². The van der Waals surface area contributed by atoms with Crippen LogP contribution in [-0.4, -0.2) is 20.3 Å². The maximum Gasteiger partial charge on any atom is 0.0499 e. The minimum atomic E-state index is 0.569. The number of hydrogen-bond donors (Lipinski definition) is 1. The van der Waals surface area contributed by atoms with Crippen LogP contribution in [0, 0.1) is 5.92 Å². The Labute approximate surface area is 99.0 Å². The predicted molar refractivity (Wildman–Crippen MR) is 68.6 cm³/mol. The molecule has 1 N–H and O–H groups in total. The summed E-state index contributed by atoms with van der Waals surface area (Å²) >= 11 is 0. The molecule has 0 bridgehead atoms. The van der Waals surface area contributed by atoms with E-state index in [1.807, 2.05) is 0 Å². The van der Waals surface area contributed by atoms with E-state index in [2.05, 4.69) is 43.4 Å². The van der Waals surface area contributed by atoms with Crippen molar-refractivity contribution in [2.45, 2.75) is 26.8 Å². The Balaban J connectivity index is 2.26. The van der Waals surface area contributed by atoms with Crippen molar-refractivity contribution < 1.29 is 4.74 Å². The van der Waals surface area contributed by atoms with Crippen LogP contribution in [0.1, 0.15) is 25.0 Å². The third-order valence-corrected chi connectivity index (χ3v) is 2.70. The predicted octanol–water partition coefficient (Wildman–Crippen LogP) is 2.62. The number of benzene rings is 1. The molecule has 0 heterocycles. The lowest BCUT2D eigenvalue weighted by atomic mass is 10.1. The maximum atomic E-state index is 5.10. The van der Waals surface area contributed by atoms with Crippen LogP contribution in [0.5, 0.6) is 0 Å². The summed E-state index contributed by atoms with van der Waals surface area (Å²) in [7, 11) is 1.75. The number of methoxy groups -OCH3 is 1. The summed E-state index contributed by atoms with van der Waals surface area (Å²) in [5.74, 6) is 0.569. The van der Waals surface area contributed by atoms with Gasteiger partial charge in [-0.2, -0.15) is 0 Å². The fourth-order valence-corrected chi connectivity index (χ4v) is 1.70. The molecule has 0 amide bonds. The smallest absolute Gasteiger partial charge is 0.0499 e. The Morgan fingerprint density at radius 1 is 1.19 bits per heavy atom. The van der Waals surface area contributed by atoms with E-state index in [9.17, 15) is 0 Å². The summed E-state index contributed by atoms with van der Waals surface area (Å²) in [6.45, 7) is 7.14. The lowest BCUT2D eigenvalue weighted by molar-refractivity contribution is 0.158. The average molecular weight is 221 g/mol. The second-order valence-corrected chi connectivity index (χ2v) is 4.36. The Morgan fingerprint density at radius 3 is 2.38 bits per heavy atom. The topological polar surface area (TPSA) is 21.3 Å². The molecule has 0 fully saturated rings. The van der Waals surface area contributed by atoms with Crippen LogP contribution in [0.15, 0.2) is 24.3 Å². The van der Waals surface area contributed by atoms with Gasteiger partial charge in [-0.3, -0.25) is 0 Å². The van der Waals surface area contributed by atoms with Crippen LogP contribution in [0.4, 0.5) is 0 Å². The second-order valence-electron chi connectivity index (χ2n) is 4.36. The van der Waals surface area contributed by atoms with E-state index < -0.39 is 0 Å². The van der Waals surface area contributed by atoms with Crippen LogP contribution in [-0.2, 0) is 17.7 Å². The first-order valence-electron chi connectivity index (χ1n) is 6.03. The Kier molecular flexibility index (Phi) is 6.12. The molecule has 0 saturated carbocycles. The van der Waals surface area contributed by atoms with Crippen molar-refractivity contribution in [3.63, 3.8) is 0 Å². The van der Waals surface area contributed by atoms with Crippen molar-refractivity contribution in [1.29, 1.82) is 0 Å². The van der Waals surface area contributed by atoms with E-state index in [-0.39, 0.29) is 0 Å². The van der Waals surface area contributed by atoms with Gasteiger partial charge in [-0.25, -0.2) is 0 Å². The van der Waals surface area contributed by atoms with Crippen molar-refractivity contribution in [1.82, 2.24) is 5.32 Å². The quantitative estimate of drug-likeness (QED) is 0.764. The first kappa shape index (κ1) is 13.2. The van der Waals surface area contributed by atoms with Crippen molar-refractivity contribution in [3.8, 4) is 0 Å². The minimum Gasteiger partial charge on any atom is -0.384 e. The highest BCUT2D eigenvalue weighted by molar-refractivity contribution is 5.22. The fourth-order valence-electron chi connectivity index (χ4n) is 1.70. The molecule has 2 nitrogen and oxygen atoms in total. The number of hydrogen-bond acceptors (Lipinski definition) is 2. The summed E-state index contributed by atoms with van der Waals surface area (Å²) in [4.78, 5) is 0. The Hall–Kier alpha value is -0.860. The third kappa shape index (κ3) is 4.77. The van der Waals surface area contributed by atoms with Crippen molar-refractivity contribution in [3.05, 3.63) is 35.4 Å². The number of nitrogens with one attached hydrogen (secondary N) is 1. The van der Waals surface area contributed by atoms with Crippen molar-refractivity contribution in [2.24, 2.45) is 5.92 Å². The van der Waals surface area contributed by atoms with Crippen LogP contribution >= 0.6 is 0 Å². The third-order valence-electron chi connectivity index (χ3n) is 2.70. The van der Waals surface area contributed by atoms with Gasteiger partial charge in [-0.05, 0) is 23.5 Å². The first-order chi connectivity index (χ1) is 7.76. The summed E-state index contributed by atoms with van der Waals surface area (Å²) in [6, 6.07) is 8.81. The largest absolute Gasteiger partial charge is 0.384 e. The number of aryl methyl sites for hydroxylation is 1. The van der Waals surface area contributed by atoms with Crippen LogP contribution in [0.2, 0.25) is 0 Å². The molecular formula is C14H23NO. The molecule has 1 unspecified atom stereocenters. The molecule has 0 aliphatic rings.